The van der Waals surface area contributed by atoms with Crippen molar-refractivity contribution in [1.82, 2.24) is 4.90 Å². The fourth-order valence-electron chi connectivity index (χ4n) is 5.36. The van der Waals surface area contributed by atoms with Crippen LogP contribution in [0.5, 0.6) is 11.5 Å². The number of ether oxygens (including phenoxy) is 3. The fraction of sp³-hybridized carbons (Fsp3) is 0.244. The summed E-state index contributed by atoms with van der Waals surface area (Å²) in [5, 5.41) is 19.1. The topological polar surface area (TPSA) is 88.5 Å². The van der Waals surface area contributed by atoms with E-state index in [9.17, 15) is 15.0 Å². The predicted octanol–water partition coefficient (Wildman–Crippen LogP) is 6.74. The van der Waals surface area contributed by atoms with Gasteiger partial charge in [0.25, 0.3) is 0 Å². The minimum Gasteiger partial charge on any atom is -0.485 e. The highest BCUT2D eigenvalue weighted by Crippen LogP contribution is 2.31. The quantitative estimate of drug-likeness (QED) is 0.102. The molecular weight excluding hydrogens is 602 g/mol. The summed E-state index contributed by atoms with van der Waals surface area (Å²) in [5.74, 6) is 0.798. The molecule has 2 N–H and O–H groups in total. The minimum atomic E-state index is -0.950. The van der Waals surface area contributed by atoms with Crippen molar-refractivity contribution in [1.29, 1.82) is 0 Å². The number of hydrogen-bond acceptors (Lipinski definition) is 7. The number of hydrogen-bond donors (Lipinski definition) is 2. The van der Waals surface area contributed by atoms with E-state index in [2.05, 4.69) is 4.90 Å². The van der Waals surface area contributed by atoms with Crippen molar-refractivity contribution in [2.24, 2.45) is 0 Å². The van der Waals surface area contributed by atoms with Crippen LogP contribution in [0, 0.1) is 0 Å². The van der Waals surface area contributed by atoms with Crippen LogP contribution in [-0.4, -0.2) is 46.4 Å². The monoisotopic (exact) mass is 645 g/mol. The van der Waals surface area contributed by atoms with Gasteiger partial charge in [-0.05, 0) is 46.4 Å². The van der Waals surface area contributed by atoms with E-state index in [0.29, 0.717) is 44.2 Å². The number of aliphatic hydroxyl groups excluding tert-OH is 2. The van der Waals surface area contributed by atoms with Gasteiger partial charge in [0.15, 0.2) is 11.5 Å². The maximum absolute atomic E-state index is 13.9. The molecule has 0 aromatic heterocycles. The smallest absolute Gasteiger partial charge is 0.323 e. The molecule has 0 spiro atoms. The zero-order chi connectivity index (χ0) is 33.4. The molecule has 0 bridgehead atoms. The lowest BCUT2D eigenvalue weighted by Gasteiger charge is -2.31. The van der Waals surface area contributed by atoms with Crippen LogP contribution in [0.2, 0.25) is 0 Å². The van der Waals surface area contributed by atoms with Crippen LogP contribution in [0.15, 0.2) is 140 Å². The maximum Gasteiger partial charge on any atom is 0.323 e. The summed E-state index contributed by atoms with van der Waals surface area (Å²) in [6.07, 6.45) is -0.451. The molecule has 7 heteroatoms. The number of aliphatic hydroxyl groups is 2. The Balaban J connectivity index is 1.44. The van der Waals surface area contributed by atoms with Gasteiger partial charge in [0.1, 0.15) is 19.3 Å². The first-order chi connectivity index (χ1) is 23.6. The normalized spacial score (nSPS) is 12.3. The van der Waals surface area contributed by atoms with Crippen molar-refractivity contribution in [2.75, 3.05) is 13.2 Å². The third-order valence-electron chi connectivity index (χ3n) is 7.99. The molecule has 0 radical (unpaired) electrons. The van der Waals surface area contributed by atoms with Gasteiger partial charge in [-0.2, -0.15) is 0 Å². The van der Waals surface area contributed by atoms with Crippen molar-refractivity contribution < 1.29 is 29.2 Å². The molecule has 0 saturated carbocycles. The van der Waals surface area contributed by atoms with Crippen molar-refractivity contribution in [3.05, 3.63) is 167 Å². The highest BCUT2D eigenvalue weighted by molar-refractivity contribution is 5.76. The fourth-order valence-corrected chi connectivity index (χ4v) is 5.36. The Hall–Kier alpha value is -4.95. The maximum atomic E-state index is 13.9. The van der Waals surface area contributed by atoms with Crippen LogP contribution in [0.25, 0.3) is 0 Å². The molecule has 1 unspecified atom stereocenters. The van der Waals surface area contributed by atoms with Crippen LogP contribution in [0.1, 0.15) is 34.2 Å². The second kappa shape index (κ2) is 18.4. The zero-order valence-electron chi connectivity index (χ0n) is 27.1. The lowest BCUT2D eigenvalue weighted by molar-refractivity contribution is -0.151. The Morgan fingerprint density at radius 3 is 1.58 bits per heavy atom. The molecule has 5 rings (SSSR count). The van der Waals surface area contributed by atoms with Crippen molar-refractivity contribution in [3.63, 3.8) is 0 Å². The Morgan fingerprint density at radius 2 is 1.08 bits per heavy atom. The van der Waals surface area contributed by atoms with Crippen LogP contribution in [0.4, 0.5) is 0 Å². The second-order valence-electron chi connectivity index (χ2n) is 11.7. The zero-order valence-corrected chi connectivity index (χ0v) is 27.1. The lowest BCUT2D eigenvalue weighted by atomic mass is 10.0. The average molecular weight is 646 g/mol. The summed E-state index contributed by atoms with van der Waals surface area (Å²) in [6, 6.07) is 45.2. The van der Waals surface area contributed by atoms with Gasteiger partial charge in [0.2, 0.25) is 0 Å². The van der Waals surface area contributed by atoms with E-state index in [-0.39, 0.29) is 19.6 Å². The third-order valence-corrected chi connectivity index (χ3v) is 7.99. The van der Waals surface area contributed by atoms with Crippen molar-refractivity contribution in [2.45, 2.75) is 51.3 Å². The molecule has 0 heterocycles. The number of carbonyl (C=O) groups is 1. The van der Waals surface area contributed by atoms with Crippen LogP contribution in [0.3, 0.4) is 0 Å². The summed E-state index contributed by atoms with van der Waals surface area (Å²) in [5.41, 5.74) is 5.09. The Bertz CT molecular complexity index is 1610. The van der Waals surface area contributed by atoms with Crippen LogP contribution in [-0.2, 0) is 42.3 Å². The molecular formula is C41H43NO6. The standard InChI is InChI=1S/C41H43NO6/c43-29-37(44)23-24-46-41(45)38(42(27-32-13-5-1-6-14-32)28-33-15-7-2-8-16-33)25-36-21-22-39(47-30-34-17-9-3-10-18-34)40(26-36)48-31-35-19-11-4-12-20-35/h1-22,26,37-38,43-44H,23-25,27-31H2/t37?,38-/m0/s1. The van der Waals surface area contributed by atoms with Gasteiger partial charge in [0.05, 0.1) is 19.3 Å². The Morgan fingerprint density at radius 1 is 0.604 bits per heavy atom. The van der Waals surface area contributed by atoms with Gasteiger partial charge < -0.3 is 24.4 Å². The van der Waals surface area contributed by atoms with Gasteiger partial charge in [-0.3, -0.25) is 9.69 Å². The number of esters is 1. The van der Waals surface area contributed by atoms with E-state index in [0.717, 1.165) is 27.8 Å². The van der Waals surface area contributed by atoms with E-state index in [1.807, 2.05) is 140 Å². The number of carbonyl (C=O) groups excluding carboxylic acids is 1. The summed E-state index contributed by atoms with van der Waals surface area (Å²) in [4.78, 5) is 16.0. The molecule has 0 aliphatic rings. The molecule has 0 fully saturated rings. The van der Waals surface area contributed by atoms with Gasteiger partial charge >= 0.3 is 5.97 Å². The van der Waals surface area contributed by atoms with E-state index in [4.69, 9.17) is 14.2 Å². The number of benzene rings is 5. The largest absolute Gasteiger partial charge is 0.485 e. The molecule has 48 heavy (non-hydrogen) atoms. The van der Waals surface area contributed by atoms with Crippen molar-refractivity contribution >= 4 is 5.97 Å². The van der Waals surface area contributed by atoms with E-state index in [1.54, 1.807) is 0 Å². The predicted molar refractivity (Wildman–Crippen MR) is 186 cm³/mol. The number of nitrogens with zero attached hydrogens (tertiary/aromatic N) is 1. The molecule has 5 aromatic rings. The average Bonchev–Trinajstić information content (AvgIpc) is 3.13. The van der Waals surface area contributed by atoms with E-state index >= 15 is 0 Å². The molecule has 0 amide bonds. The molecule has 5 aromatic carbocycles. The molecule has 7 nitrogen and oxygen atoms in total. The summed E-state index contributed by atoms with van der Waals surface area (Å²) >= 11 is 0. The van der Waals surface area contributed by atoms with Gasteiger partial charge in [-0.1, -0.05) is 127 Å². The van der Waals surface area contributed by atoms with Gasteiger partial charge in [0, 0.05) is 19.5 Å². The molecule has 0 saturated heterocycles. The van der Waals surface area contributed by atoms with Crippen LogP contribution < -0.4 is 9.47 Å². The van der Waals surface area contributed by atoms with Gasteiger partial charge in [-0.25, -0.2) is 0 Å². The molecule has 0 aliphatic heterocycles. The Kier molecular flexibility index (Phi) is 13.2. The van der Waals surface area contributed by atoms with Gasteiger partial charge in [-0.15, -0.1) is 0 Å². The number of rotatable bonds is 18. The second-order valence-corrected chi connectivity index (χ2v) is 11.7. The first-order valence-corrected chi connectivity index (χ1v) is 16.3. The van der Waals surface area contributed by atoms with Crippen LogP contribution >= 0.6 is 0 Å². The highest BCUT2D eigenvalue weighted by Gasteiger charge is 2.29. The van der Waals surface area contributed by atoms with E-state index in [1.165, 1.54) is 0 Å². The molecule has 248 valence electrons. The molecule has 2 atom stereocenters. The minimum absolute atomic E-state index is 0.000720. The first-order valence-electron chi connectivity index (χ1n) is 16.3. The lowest BCUT2D eigenvalue weighted by Crippen LogP contribution is -2.43. The summed E-state index contributed by atoms with van der Waals surface area (Å²) in [7, 11) is 0. The first kappa shape index (κ1) is 34.4. The third kappa shape index (κ3) is 10.8. The SMILES string of the molecule is O=C(OCCC(O)CO)[C@H](Cc1ccc(OCc2ccccc2)c(OCc2ccccc2)c1)N(Cc1ccccc1)Cc1ccccc1. The Labute approximate surface area is 283 Å². The van der Waals surface area contributed by atoms with E-state index < -0.39 is 18.1 Å². The summed E-state index contributed by atoms with van der Waals surface area (Å²) in [6.45, 7) is 1.39. The van der Waals surface area contributed by atoms with Crippen molar-refractivity contribution in [3.8, 4) is 11.5 Å². The molecule has 0 aliphatic carbocycles. The highest BCUT2D eigenvalue weighted by atomic mass is 16.5. The summed E-state index contributed by atoms with van der Waals surface area (Å²) < 4.78 is 18.3.